The van der Waals surface area contributed by atoms with Crippen molar-refractivity contribution < 1.29 is 33.4 Å². The first kappa shape index (κ1) is 29.8. The lowest BCUT2D eigenvalue weighted by Gasteiger charge is -2.29. The van der Waals surface area contributed by atoms with E-state index in [4.69, 9.17) is 14.5 Å². The Morgan fingerprint density at radius 2 is 1.98 bits per heavy atom. The van der Waals surface area contributed by atoms with Crippen LogP contribution in [0.5, 0.6) is 11.5 Å². The van der Waals surface area contributed by atoms with Crippen LogP contribution < -0.4 is 14.8 Å². The second kappa shape index (κ2) is 11.2. The van der Waals surface area contributed by atoms with Crippen molar-refractivity contribution in [1.82, 2.24) is 20.2 Å². The maximum absolute atomic E-state index is 13.8. The number of pyridine rings is 2. The van der Waals surface area contributed by atoms with E-state index >= 15 is 0 Å². The van der Waals surface area contributed by atoms with Gasteiger partial charge in [0.15, 0.2) is 5.78 Å². The van der Waals surface area contributed by atoms with Crippen molar-refractivity contribution in [3.8, 4) is 22.8 Å². The fourth-order valence-corrected chi connectivity index (χ4v) is 5.98. The molecule has 4 aromatic rings. The zero-order chi connectivity index (χ0) is 32.2. The number of rotatable bonds is 8. The molecule has 1 saturated carbocycles. The molecule has 2 aromatic carbocycles. The number of Topliss-reactive ketones (excluding diaryl/α,β-unsaturated/α-hetero) is 1. The van der Waals surface area contributed by atoms with E-state index in [2.05, 4.69) is 10.3 Å². The van der Waals surface area contributed by atoms with E-state index < -0.39 is 22.7 Å². The second-order valence-corrected chi connectivity index (χ2v) is 12.7. The van der Waals surface area contributed by atoms with Gasteiger partial charge in [0.1, 0.15) is 46.1 Å². The summed E-state index contributed by atoms with van der Waals surface area (Å²) < 4.78 is 26.0. The molecule has 2 aliphatic heterocycles. The number of likely N-dealkylation sites (tertiary alicyclic amines) is 1. The zero-order valence-electron chi connectivity index (χ0n) is 25.5. The Balaban J connectivity index is 1.21. The van der Waals surface area contributed by atoms with E-state index in [1.165, 1.54) is 24.0 Å². The van der Waals surface area contributed by atoms with Gasteiger partial charge in [-0.1, -0.05) is 6.07 Å². The summed E-state index contributed by atoms with van der Waals surface area (Å²) in [6.07, 6.45) is 3.99. The van der Waals surface area contributed by atoms with Crippen LogP contribution in [0.15, 0.2) is 60.8 Å². The fraction of sp³-hybridized carbons (Fsp3) is 0.343. The van der Waals surface area contributed by atoms with Crippen molar-refractivity contribution in [1.29, 1.82) is 0 Å². The van der Waals surface area contributed by atoms with E-state index in [0.717, 1.165) is 18.2 Å². The Morgan fingerprint density at radius 3 is 2.70 bits per heavy atom. The molecule has 2 amide bonds. The number of ketones is 1. The van der Waals surface area contributed by atoms with Crippen molar-refractivity contribution in [3.05, 3.63) is 83.4 Å². The quantitative estimate of drug-likeness (QED) is 0.300. The number of carbonyl (C=O) groups excluding carboxylic acids is 3. The third-order valence-electron chi connectivity index (χ3n) is 8.87. The third kappa shape index (κ3) is 5.44. The van der Waals surface area contributed by atoms with Gasteiger partial charge in [-0.25, -0.2) is 9.37 Å². The summed E-state index contributed by atoms with van der Waals surface area (Å²) in [6.45, 7) is 3.43. The number of hydrogen-bond donors (Lipinski definition) is 2. The lowest BCUT2D eigenvalue weighted by Crippen LogP contribution is -2.45. The first-order valence-corrected chi connectivity index (χ1v) is 15.3. The van der Waals surface area contributed by atoms with Gasteiger partial charge < -0.3 is 24.8 Å². The van der Waals surface area contributed by atoms with E-state index in [0.29, 0.717) is 52.4 Å². The molecule has 0 unspecified atom stereocenters. The Bertz CT molecular complexity index is 1890. The number of aromatic nitrogens is 2. The van der Waals surface area contributed by atoms with Crippen LogP contribution in [0.2, 0.25) is 0 Å². The first-order chi connectivity index (χ1) is 22.0. The van der Waals surface area contributed by atoms with Crippen LogP contribution in [-0.2, 0) is 20.6 Å². The van der Waals surface area contributed by atoms with Crippen LogP contribution in [-0.4, -0.2) is 69.9 Å². The third-order valence-corrected chi connectivity index (χ3v) is 8.87. The predicted octanol–water partition coefficient (Wildman–Crippen LogP) is 4.07. The van der Waals surface area contributed by atoms with Gasteiger partial charge in [0, 0.05) is 41.2 Å². The van der Waals surface area contributed by atoms with Gasteiger partial charge in [0.25, 0.3) is 5.91 Å². The molecule has 10 nitrogen and oxygen atoms in total. The Labute approximate surface area is 264 Å². The summed E-state index contributed by atoms with van der Waals surface area (Å²) in [5, 5.41) is 15.4. The first-order valence-electron chi connectivity index (χ1n) is 15.3. The van der Waals surface area contributed by atoms with E-state index in [-0.39, 0.29) is 43.2 Å². The van der Waals surface area contributed by atoms with Crippen molar-refractivity contribution in [3.63, 3.8) is 0 Å². The van der Waals surface area contributed by atoms with Crippen LogP contribution in [0.1, 0.15) is 54.7 Å². The minimum atomic E-state index is -1.69. The van der Waals surface area contributed by atoms with Crippen LogP contribution in [0, 0.1) is 5.82 Å². The molecule has 4 heterocycles. The number of fused-ring (bicyclic) bond motifs is 2. The average molecular weight is 625 g/mol. The molecule has 3 aliphatic rings. The molecule has 1 aliphatic carbocycles. The smallest absolute Gasteiger partial charge is 0.251 e. The minimum Gasteiger partial charge on any atom is -0.489 e. The monoisotopic (exact) mass is 624 g/mol. The summed E-state index contributed by atoms with van der Waals surface area (Å²) in [5.74, 6) is -0.238. The molecule has 236 valence electrons. The molecule has 7 rings (SSSR count). The molecule has 2 atom stereocenters. The van der Waals surface area contributed by atoms with Gasteiger partial charge in [-0.2, -0.15) is 0 Å². The maximum atomic E-state index is 13.8. The largest absolute Gasteiger partial charge is 0.489 e. The number of benzene rings is 2. The van der Waals surface area contributed by atoms with Crippen molar-refractivity contribution in [2.45, 2.75) is 50.2 Å². The van der Waals surface area contributed by atoms with E-state index in [1.807, 2.05) is 6.07 Å². The fourth-order valence-electron chi connectivity index (χ4n) is 5.98. The normalized spacial score (nSPS) is 20.3. The lowest BCUT2D eigenvalue weighted by molar-refractivity contribution is -0.137. The molecular formula is C35H33FN4O6. The van der Waals surface area contributed by atoms with Crippen LogP contribution >= 0.6 is 0 Å². The molecular weight excluding hydrogens is 591 g/mol. The molecule has 0 radical (unpaired) electrons. The van der Waals surface area contributed by atoms with Gasteiger partial charge in [-0.05, 0) is 75.2 Å². The van der Waals surface area contributed by atoms with Crippen LogP contribution in [0.3, 0.4) is 0 Å². The highest BCUT2D eigenvalue weighted by Crippen LogP contribution is 2.46. The number of nitrogens with one attached hydrogen (secondary N) is 1. The van der Waals surface area contributed by atoms with E-state index in [1.54, 1.807) is 49.5 Å². The SMILES string of the molecule is C[C@](O)(CNC(=O)c1cc(OC2CC2)c2ncccc2c1)c1cc2c(c(-c3ccc(F)cc3)n1)OC[C@]2(C)C(=O)N1CCC(=O)C1. The predicted molar refractivity (Wildman–Crippen MR) is 166 cm³/mol. The van der Waals surface area contributed by atoms with Crippen molar-refractivity contribution in [2.75, 3.05) is 26.2 Å². The van der Waals surface area contributed by atoms with Crippen LogP contribution in [0.4, 0.5) is 4.39 Å². The molecule has 0 spiro atoms. The van der Waals surface area contributed by atoms with Gasteiger partial charge in [-0.3, -0.25) is 19.4 Å². The number of ether oxygens (including phenoxy) is 2. The number of nitrogens with zero attached hydrogens (tertiary/aromatic N) is 3. The molecule has 2 fully saturated rings. The number of halogens is 1. The average Bonchev–Trinajstić information content (AvgIpc) is 3.66. The Kier molecular flexibility index (Phi) is 7.23. The number of aliphatic hydroxyl groups is 1. The second-order valence-electron chi connectivity index (χ2n) is 12.7. The molecule has 0 bridgehead atoms. The van der Waals surface area contributed by atoms with Crippen molar-refractivity contribution >= 4 is 28.5 Å². The Hall–Kier alpha value is -4.90. The lowest BCUT2D eigenvalue weighted by atomic mass is 9.81. The molecule has 2 N–H and O–H groups in total. The molecule has 2 aromatic heterocycles. The molecule has 11 heteroatoms. The summed E-state index contributed by atoms with van der Waals surface area (Å²) in [4.78, 5) is 49.9. The maximum Gasteiger partial charge on any atom is 0.251 e. The van der Waals surface area contributed by atoms with Gasteiger partial charge in [0.2, 0.25) is 5.91 Å². The summed E-state index contributed by atoms with van der Waals surface area (Å²) >= 11 is 0. The topological polar surface area (TPSA) is 131 Å². The summed E-state index contributed by atoms with van der Waals surface area (Å²) in [6, 6.07) is 14.4. The number of hydrogen-bond acceptors (Lipinski definition) is 8. The summed E-state index contributed by atoms with van der Waals surface area (Å²) in [7, 11) is 0. The number of carbonyl (C=O) groups is 3. The zero-order valence-corrected chi connectivity index (χ0v) is 25.5. The van der Waals surface area contributed by atoms with Gasteiger partial charge in [0.05, 0.1) is 24.9 Å². The van der Waals surface area contributed by atoms with Crippen LogP contribution in [0.25, 0.3) is 22.2 Å². The minimum absolute atomic E-state index is 0.00610. The summed E-state index contributed by atoms with van der Waals surface area (Å²) in [5.41, 5.74) is -0.286. The highest BCUT2D eigenvalue weighted by molar-refractivity contribution is 6.00. The van der Waals surface area contributed by atoms with E-state index in [9.17, 15) is 23.9 Å². The highest BCUT2D eigenvalue weighted by atomic mass is 19.1. The van der Waals surface area contributed by atoms with Gasteiger partial charge in [-0.15, -0.1) is 0 Å². The van der Waals surface area contributed by atoms with Crippen molar-refractivity contribution in [2.24, 2.45) is 0 Å². The standard InChI is InChI=1S/C35H33FN4O6/c1-34(33(43)40-13-11-24(41)17-40)19-45-31-26(34)16-28(39-30(31)20-5-7-23(36)8-6-20)35(2,44)18-38-32(42)22-14-21-4-3-12-37-29(21)27(15-22)46-25-9-10-25/h3-8,12,14-16,25,44H,9-11,13,17-19H2,1-2H3,(H,38,42)/t34-,35-/m0/s1. The highest BCUT2D eigenvalue weighted by Gasteiger charge is 2.48. The molecule has 46 heavy (non-hydrogen) atoms. The Morgan fingerprint density at radius 1 is 1.20 bits per heavy atom. The number of amides is 2. The molecule has 1 saturated heterocycles. The van der Waals surface area contributed by atoms with Gasteiger partial charge >= 0.3 is 0 Å².